The summed E-state index contributed by atoms with van der Waals surface area (Å²) < 4.78 is 0. The Hall–Kier alpha value is -0.730. The van der Waals surface area contributed by atoms with Gasteiger partial charge in [0.15, 0.2) is 0 Å². The molecule has 1 aromatic carbocycles. The Kier molecular flexibility index (Phi) is 5.79. The lowest BCUT2D eigenvalue weighted by molar-refractivity contribution is 0.0767. The number of rotatable bonds is 5. The van der Waals surface area contributed by atoms with Crippen LogP contribution in [-0.4, -0.2) is 35.2 Å². The summed E-state index contributed by atoms with van der Waals surface area (Å²) in [6.45, 7) is 4.89. The number of alkyl halides is 2. The van der Waals surface area contributed by atoms with Crippen LogP contribution < -0.4 is 0 Å². The van der Waals surface area contributed by atoms with Gasteiger partial charge in [0.25, 0.3) is 5.91 Å². The fraction of sp³-hybridized carbons (Fsp3) is 0.462. The maximum absolute atomic E-state index is 12.2. The van der Waals surface area contributed by atoms with Crippen molar-refractivity contribution in [3.8, 4) is 0 Å². The molecule has 0 N–H and O–H groups in total. The van der Waals surface area contributed by atoms with Gasteiger partial charge in [-0.25, -0.2) is 0 Å². The van der Waals surface area contributed by atoms with Gasteiger partial charge in [0.1, 0.15) is 0 Å². The molecular weight excluding hydrogens is 257 g/mol. The van der Waals surface area contributed by atoms with E-state index in [0.717, 1.165) is 5.56 Å². The van der Waals surface area contributed by atoms with Crippen molar-refractivity contribution >= 4 is 29.1 Å². The molecule has 0 aliphatic carbocycles. The van der Waals surface area contributed by atoms with E-state index >= 15 is 0 Å². The van der Waals surface area contributed by atoms with E-state index in [1.165, 1.54) is 0 Å². The number of nitrogens with zero attached hydrogens (tertiary/aromatic N) is 1. The summed E-state index contributed by atoms with van der Waals surface area (Å²) in [6.07, 6.45) is 0. The molecule has 1 unspecified atom stereocenters. The second kappa shape index (κ2) is 6.87. The molecule has 1 amide bonds. The first-order valence-electron chi connectivity index (χ1n) is 5.60. The fourth-order valence-corrected chi connectivity index (χ4v) is 1.93. The molecule has 0 aliphatic rings. The summed E-state index contributed by atoms with van der Waals surface area (Å²) in [5.74, 6) is 0.402. The van der Waals surface area contributed by atoms with Gasteiger partial charge in [-0.05, 0) is 26.0 Å². The Balaban J connectivity index is 2.79. The molecule has 94 valence electrons. The first kappa shape index (κ1) is 14.3. The smallest absolute Gasteiger partial charge is 0.253 e. The van der Waals surface area contributed by atoms with Crippen molar-refractivity contribution < 1.29 is 4.79 Å². The molecule has 1 aromatic rings. The highest BCUT2D eigenvalue weighted by molar-refractivity contribution is 6.20. The highest BCUT2D eigenvalue weighted by atomic mass is 35.5. The summed E-state index contributed by atoms with van der Waals surface area (Å²) in [5, 5.41) is -0.0763. The summed E-state index contributed by atoms with van der Waals surface area (Å²) in [4.78, 5) is 13.9. The molecule has 1 rings (SSSR count). The van der Waals surface area contributed by atoms with Gasteiger partial charge in [-0.1, -0.05) is 17.7 Å². The minimum Gasteiger partial charge on any atom is -0.336 e. The van der Waals surface area contributed by atoms with Crippen LogP contribution in [0.15, 0.2) is 24.3 Å². The number of halogens is 2. The van der Waals surface area contributed by atoms with E-state index in [-0.39, 0.29) is 11.3 Å². The van der Waals surface area contributed by atoms with Crippen LogP contribution in [0.5, 0.6) is 0 Å². The maximum atomic E-state index is 12.2. The molecule has 0 bridgehead atoms. The van der Waals surface area contributed by atoms with Crippen LogP contribution >= 0.6 is 23.2 Å². The Labute approximate surface area is 113 Å². The number of hydrogen-bond acceptors (Lipinski definition) is 1. The van der Waals surface area contributed by atoms with E-state index in [9.17, 15) is 4.79 Å². The van der Waals surface area contributed by atoms with Crippen molar-refractivity contribution in [3.05, 3.63) is 35.4 Å². The molecule has 0 saturated heterocycles. The van der Waals surface area contributed by atoms with Crippen molar-refractivity contribution in [1.29, 1.82) is 0 Å². The van der Waals surface area contributed by atoms with E-state index < -0.39 is 0 Å². The predicted octanol–water partition coefficient (Wildman–Crippen LogP) is 3.30. The third-order valence-corrected chi connectivity index (χ3v) is 2.72. The van der Waals surface area contributed by atoms with Crippen LogP contribution in [0.4, 0.5) is 0 Å². The monoisotopic (exact) mass is 273 g/mol. The molecule has 0 radical (unpaired) electrons. The van der Waals surface area contributed by atoms with Crippen molar-refractivity contribution in [2.75, 3.05) is 19.0 Å². The van der Waals surface area contributed by atoms with Crippen molar-refractivity contribution in [2.24, 2.45) is 0 Å². The molecule has 0 fully saturated rings. The summed E-state index contributed by atoms with van der Waals surface area (Å²) >= 11 is 11.6. The average molecular weight is 274 g/mol. The van der Waals surface area contributed by atoms with Gasteiger partial charge in [0.05, 0.1) is 0 Å². The third-order valence-electron chi connectivity index (χ3n) is 2.41. The molecule has 0 aliphatic heterocycles. The number of carbonyl (C=O) groups is 1. The normalized spacial score (nSPS) is 12.2. The molecule has 0 spiro atoms. The number of amides is 1. The molecule has 4 heteroatoms. The van der Waals surface area contributed by atoms with E-state index in [4.69, 9.17) is 23.2 Å². The molecule has 2 nitrogen and oxygen atoms in total. The van der Waals surface area contributed by atoms with Crippen LogP contribution in [0.2, 0.25) is 0 Å². The quantitative estimate of drug-likeness (QED) is 0.754. The fourth-order valence-electron chi connectivity index (χ4n) is 1.56. The highest BCUT2D eigenvalue weighted by Crippen LogP contribution is 2.09. The minimum absolute atomic E-state index is 0.0156. The SMILES string of the molecule is Cc1ccc(C(=O)N(CCCl)CC(C)Cl)cc1. The Morgan fingerprint density at radius 2 is 1.94 bits per heavy atom. The Morgan fingerprint density at radius 1 is 1.35 bits per heavy atom. The number of aryl methyl sites for hydroxylation is 1. The lowest BCUT2D eigenvalue weighted by Gasteiger charge is -2.23. The average Bonchev–Trinajstić information content (AvgIpc) is 2.28. The number of hydrogen-bond donors (Lipinski definition) is 0. The summed E-state index contributed by atoms with van der Waals surface area (Å²) in [6, 6.07) is 7.52. The number of benzene rings is 1. The topological polar surface area (TPSA) is 20.3 Å². The minimum atomic E-state index is -0.0763. The highest BCUT2D eigenvalue weighted by Gasteiger charge is 2.16. The lowest BCUT2D eigenvalue weighted by Crippen LogP contribution is -2.36. The van der Waals surface area contributed by atoms with Crippen molar-refractivity contribution in [3.63, 3.8) is 0 Å². The van der Waals surface area contributed by atoms with Crippen LogP contribution in [0.1, 0.15) is 22.8 Å². The second-order valence-corrected chi connectivity index (χ2v) is 5.21. The van der Waals surface area contributed by atoms with E-state index in [0.29, 0.717) is 24.5 Å². The van der Waals surface area contributed by atoms with Gasteiger partial charge < -0.3 is 4.90 Å². The lowest BCUT2D eigenvalue weighted by atomic mass is 10.1. The summed E-state index contributed by atoms with van der Waals surface area (Å²) in [5.41, 5.74) is 1.81. The third kappa shape index (κ3) is 4.57. The van der Waals surface area contributed by atoms with Crippen LogP contribution in [0.3, 0.4) is 0 Å². The zero-order chi connectivity index (χ0) is 12.8. The maximum Gasteiger partial charge on any atom is 0.253 e. The molecule has 17 heavy (non-hydrogen) atoms. The van der Waals surface area contributed by atoms with Gasteiger partial charge in [0, 0.05) is 29.9 Å². The first-order chi connectivity index (χ1) is 8.04. The Bertz CT molecular complexity index is 362. The van der Waals surface area contributed by atoms with Gasteiger partial charge >= 0.3 is 0 Å². The van der Waals surface area contributed by atoms with E-state index in [1.54, 1.807) is 4.90 Å². The second-order valence-electron chi connectivity index (χ2n) is 4.09. The van der Waals surface area contributed by atoms with Gasteiger partial charge in [0.2, 0.25) is 0 Å². The van der Waals surface area contributed by atoms with Crippen molar-refractivity contribution in [2.45, 2.75) is 19.2 Å². The largest absolute Gasteiger partial charge is 0.336 e. The van der Waals surface area contributed by atoms with Crippen molar-refractivity contribution in [1.82, 2.24) is 4.90 Å². The first-order valence-corrected chi connectivity index (χ1v) is 6.57. The van der Waals surface area contributed by atoms with Gasteiger partial charge in [-0.15, -0.1) is 23.2 Å². The van der Waals surface area contributed by atoms with E-state index in [1.807, 2.05) is 38.1 Å². The standard InChI is InChI=1S/C13H17Cl2NO/c1-10-3-5-12(6-4-10)13(17)16(8-7-14)9-11(2)15/h3-6,11H,7-9H2,1-2H3. The zero-order valence-electron chi connectivity index (χ0n) is 10.1. The molecule has 1 atom stereocenters. The molecule has 0 aromatic heterocycles. The van der Waals surface area contributed by atoms with Gasteiger partial charge in [-0.2, -0.15) is 0 Å². The zero-order valence-corrected chi connectivity index (χ0v) is 11.6. The molecule has 0 saturated carbocycles. The van der Waals surface area contributed by atoms with Crippen LogP contribution in [-0.2, 0) is 0 Å². The van der Waals surface area contributed by atoms with E-state index in [2.05, 4.69) is 0 Å². The summed E-state index contributed by atoms with van der Waals surface area (Å²) in [7, 11) is 0. The van der Waals surface area contributed by atoms with Crippen LogP contribution in [0.25, 0.3) is 0 Å². The molecular formula is C13H17Cl2NO. The van der Waals surface area contributed by atoms with Gasteiger partial charge in [-0.3, -0.25) is 4.79 Å². The van der Waals surface area contributed by atoms with Crippen LogP contribution in [0, 0.1) is 6.92 Å². The molecule has 0 heterocycles. The number of carbonyl (C=O) groups excluding carboxylic acids is 1. The Morgan fingerprint density at radius 3 is 2.41 bits per heavy atom. The predicted molar refractivity (Wildman–Crippen MR) is 73.1 cm³/mol.